The average Bonchev–Trinajstić information content (AvgIpc) is 2.92. The van der Waals surface area contributed by atoms with Crippen LogP contribution in [0.2, 0.25) is 0 Å². The first-order chi connectivity index (χ1) is 9.69. The molecule has 102 valence electrons. The number of aryl methyl sites for hydroxylation is 1. The quantitative estimate of drug-likeness (QED) is 0.784. The fourth-order valence-electron chi connectivity index (χ4n) is 2.16. The molecule has 0 saturated carbocycles. The molecule has 0 spiro atoms. The number of rotatable bonds is 3. The average molecular weight is 270 g/mol. The molecule has 0 aliphatic rings. The number of aromatic nitrogens is 3. The van der Waals surface area contributed by atoms with Crippen LogP contribution in [0.4, 0.5) is 5.69 Å². The van der Waals surface area contributed by atoms with Crippen molar-refractivity contribution in [3.8, 4) is 5.75 Å². The van der Waals surface area contributed by atoms with Crippen LogP contribution in [0.3, 0.4) is 0 Å². The Morgan fingerprint density at radius 2 is 1.95 bits per heavy atom. The molecule has 6 nitrogen and oxygen atoms in total. The Kier molecular flexibility index (Phi) is 2.98. The Morgan fingerprint density at radius 1 is 1.20 bits per heavy atom. The molecule has 0 bridgehead atoms. The molecule has 0 atom stereocenters. The van der Waals surface area contributed by atoms with Gasteiger partial charge in [0.05, 0.1) is 12.8 Å². The van der Waals surface area contributed by atoms with Gasteiger partial charge in [-0.3, -0.25) is 0 Å². The van der Waals surface area contributed by atoms with E-state index in [1.807, 2.05) is 31.2 Å². The fourth-order valence-corrected chi connectivity index (χ4v) is 2.16. The van der Waals surface area contributed by atoms with Crippen molar-refractivity contribution in [3.05, 3.63) is 41.1 Å². The van der Waals surface area contributed by atoms with Crippen LogP contribution in [0.15, 0.2) is 28.9 Å². The highest BCUT2D eigenvalue weighted by Crippen LogP contribution is 2.26. The molecule has 0 aliphatic heterocycles. The maximum Gasteiger partial charge on any atom is 0.226 e. The zero-order valence-corrected chi connectivity index (χ0v) is 11.3. The summed E-state index contributed by atoms with van der Waals surface area (Å²) in [5.74, 6) is 0.827. The summed E-state index contributed by atoms with van der Waals surface area (Å²) >= 11 is 0. The van der Waals surface area contributed by atoms with Crippen molar-refractivity contribution in [2.75, 3.05) is 12.8 Å². The van der Waals surface area contributed by atoms with Crippen LogP contribution in [0.5, 0.6) is 5.75 Å². The molecule has 0 aliphatic carbocycles. The van der Waals surface area contributed by atoms with Crippen molar-refractivity contribution in [1.82, 2.24) is 15.3 Å². The minimum atomic E-state index is 0.443. The Morgan fingerprint density at radius 3 is 2.65 bits per heavy atom. The molecule has 0 unspecified atom stereocenters. The molecular weight excluding hydrogens is 256 g/mol. The zero-order chi connectivity index (χ0) is 14.1. The lowest BCUT2D eigenvalue weighted by atomic mass is 10.0. The number of ether oxygens (including phenoxy) is 1. The number of nitrogens with zero attached hydrogens (tertiary/aromatic N) is 3. The van der Waals surface area contributed by atoms with Gasteiger partial charge >= 0.3 is 0 Å². The number of methoxy groups -OCH3 is 1. The van der Waals surface area contributed by atoms with Gasteiger partial charge in [-0.1, -0.05) is 12.1 Å². The minimum Gasteiger partial charge on any atom is -0.497 e. The summed E-state index contributed by atoms with van der Waals surface area (Å²) in [4.78, 5) is 4.35. The smallest absolute Gasteiger partial charge is 0.226 e. The van der Waals surface area contributed by atoms with Gasteiger partial charge in [0.2, 0.25) is 5.65 Å². The van der Waals surface area contributed by atoms with Crippen LogP contribution in [-0.2, 0) is 6.42 Å². The summed E-state index contributed by atoms with van der Waals surface area (Å²) in [6.45, 7) is 1.91. The Hall–Kier alpha value is -2.63. The van der Waals surface area contributed by atoms with E-state index in [0.29, 0.717) is 23.3 Å². The second kappa shape index (κ2) is 4.80. The molecule has 6 heteroatoms. The predicted molar refractivity (Wildman–Crippen MR) is 74.5 cm³/mol. The van der Waals surface area contributed by atoms with E-state index in [4.69, 9.17) is 10.5 Å². The third-order valence-corrected chi connectivity index (χ3v) is 3.30. The molecule has 0 saturated heterocycles. The van der Waals surface area contributed by atoms with Crippen LogP contribution >= 0.6 is 0 Å². The summed E-state index contributed by atoms with van der Waals surface area (Å²) in [5, 5.41) is 7.51. The molecule has 2 heterocycles. The highest BCUT2D eigenvalue weighted by molar-refractivity contribution is 5.85. The number of nitrogen functional groups attached to an aromatic ring is 1. The van der Waals surface area contributed by atoms with Gasteiger partial charge in [-0.2, -0.15) is 0 Å². The van der Waals surface area contributed by atoms with Gasteiger partial charge in [-0.25, -0.2) is 9.61 Å². The Bertz CT molecular complexity index is 750. The van der Waals surface area contributed by atoms with Crippen molar-refractivity contribution in [1.29, 1.82) is 0 Å². The highest BCUT2D eigenvalue weighted by Gasteiger charge is 2.14. The standard InChI is InChI=1S/C14H14N4O2/c1-8-11(7-9-3-5-10(19-2)6-4-9)12(15)13-14(16-8)18-20-17-13/h3-6H,7,15H2,1-2H3. The molecular formula is C14H14N4O2. The number of nitrogens with two attached hydrogens (primary N) is 1. The maximum atomic E-state index is 6.14. The van der Waals surface area contributed by atoms with E-state index >= 15 is 0 Å². The normalized spacial score (nSPS) is 10.9. The second-order valence-electron chi connectivity index (χ2n) is 4.55. The lowest BCUT2D eigenvalue weighted by Crippen LogP contribution is -2.02. The van der Waals surface area contributed by atoms with Gasteiger partial charge in [-0.05, 0) is 34.9 Å². The molecule has 0 fully saturated rings. The molecule has 2 aromatic heterocycles. The topological polar surface area (TPSA) is 87.1 Å². The number of fused-ring (bicyclic) bond motifs is 1. The number of benzene rings is 1. The molecule has 20 heavy (non-hydrogen) atoms. The Balaban J connectivity index is 2.00. The minimum absolute atomic E-state index is 0.443. The first-order valence-corrected chi connectivity index (χ1v) is 6.19. The van der Waals surface area contributed by atoms with E-state index in [1.54, 1.807) is 7.11 Å². The summed E-state index contributed by atoms with van der Waals surface area (Å²) in [5.41, 5.74) is 10.6. The third-order valence-electron chi connectivity index (χ3n) is 3.30. The van der Waals surface area contributed by atoms with Gasteiger partial charge in [-0.15, -0.1) is 0 Å². The molecule has 2 N–H and O–H groups in total. The first kappa shape index (κ1) is 12.4. The summed E-state index contributed by atoms with van der Waals surface area (Å²) < 4.78 is 9.82. The summed E-state index contributed by atoms with van der Waals surface area (Å²) in [6, 6.07) is 7.85. The van der Waals surface area contributed by atoms with E-state index in [1.165, 1.54) is 0 Å². The third kappa shape index (κ3) is 2.05. The predicted octanol–water partition coefficient (Wildman–Crippen LogP) is 2.11. The molecule has 0 amide bonds. The number of hydrogen-bond acceptors (Lipinski definition) is 6. The Labute approximate surface area is 115 Å². The van der Waals surface area contributed by atoms with Gasteiger partial charge in [0.15, 0.2) is 5.52 Å². The van der Waals surface area contributed by atoms with Gasteiger partial charge in [0, 0.05) is 17.7 Å². The van der Waals surface area contributed by atoms with E-state index < -0.39 is 0 Å². The highest BCUT2D eigenvalue weighted by atomic mass is 16.6. The largest absolute Gasteiger partial charge is 0.497 e. The van der Waals surface area contributed by atoms with Crippen LogP contribution in [0.25, 0.3) is 11.2 Å². The van der Waals surface area contributed by atoms with E-state index in [9.17, 15) is 0 Å². The number of hydrogen-bond donors (Lipinski definition) is 1. The van der Waals surface area contributed by atoms with Gasteiger partial charge < -0.3 is 10.5 Å². The van der Waals surface area contributed by atoms with Crippen LogP contribution in [0.1, 0.15) is 16.8 Å². The van der Waals surface area contributed by atoms with Crippen LogP contribution in [-0.4, -0.2) is 22.4 Å². The summed E-state index contributed by atoms with van der Waals surface area (Å²) in [6.07, 6.45) is 0.678. The molecule has 0 radical (unpaired) electrons. The summed E-state index contributed by atoms with van der Waals surface area (Å²) in [7, 11) is 1.65. The van der Waals surface area contributed by atoms with E-state index in [0.717, 1.165) is 22.6 Å². The van der Waals surface area contributed by atoms with Gasteiger partial charge in [0.1, 0.15) is 5.75 Å². The van der Waals surface area contributed by atoms with Crippen molar-refractivity contribution < 1.29 is 9.37 Å². The lowest BCUT2D eigenvalue weighted by molar-refractivity contribution is 0.315. The SMILES string of the molecule is COc1ccc(Cc2c(C)nc3nonc3c2N)cc1. The fraction of sp³-hybridized carbons (Fsp3) is 0.214. The van der Waals surface area contributed by atoms with E-state index in [-0.39, 0.29) is 0 Å². The van der Waals surface area contributed by atoms with Crippen molar-refractivity contribution in [2.45, 2.75) is 13.3 Å². The lowest BCUT2D eigenvalue weighted by Gasteiger charge is -2.09. The van der Waals surface area contributed by atoms with Crippen LogP contribution < -0.4 is 10.5 Å². The van der Waals surface area contributed by atoms with Crippen molar-refractivity contribution in [3.63, 3.8) is 0 Å². The maximum absolute atomic E-state index is 6.14. The number of pyridine rings is 1. The molecule has 3 rings (SSSR count). The second-order valence-corrected chi connectivity index (χ2v) is 4.55. The monoisotopic (exact) mass is 270 g/mol. The van der Waals surface area contributed by atoms with Crippen molar-refractivity contribution in [2.24, 2.45) is 0 Å². The zero-order valence-electron chi connectivity index (χ0n) is 11.3. The molecule has 1 aromatic carbocycles. The number of anilines is 1. The van der Waals surface area contributed by atoms with Crippen molar-refractivity contribution >= 4 is 16.9 Å². The molecule has 3 aromatic rings. The van der Waals surface area contributed by atoms with Gasteiger partial charge in [0.25, 0.3) is 0 Å². The van der Waals surface area contributed by atoms with Crippen LogP contribution in [0, 0.1) is 6.92 Å². The van der Waals surface area contributed by atoms with E-state index in [2.05, 4.69) is 19.9 Å². The first-order valence-electron chi connectivity index (χ1n) is 6.19.